The Labute approximate surface area is 89.4 Å². The number of carbonyl (C=O) groups is 1. The summed E-state index contributed by atoms with van der Waals surface area (Å²) in [5.74, 6) is -1.62. The molecule has 6 heteroatoms. The van der Waals surface area contributed by atoms with Crippen molar-refractivity contribution in [3.63, 3.8) is 0 Å². The van der Waals surface area contributed by atoms with Crippen molar-refractivity contribution < 1.29 is 14.3 Å². The van der Waals surface area contributed by atoms with Crippen LogP contribution in [-0.2, 0) is 4.79 Å². The number of rotatable bonds is 3. The Bertz CT molecular complexity index is 347. The van der Waals surface area contributed by atoms with Crippen molar-refractivity contribution in [3.8, 4) is 0 Å². The molecule has 2 N–H and O–H groups in total. The van der Waals surface area contributed by atoms with E-state index in [9.17, 15) is 9.18 Å². The topological polar surface area (TPSA) is 49.3 Å². The van der Waals surface area contributed by atoms with Gasteiger partial charge in [-0.15, -0.1) is 0 Å². The molecule has 0 amide bonds. The molecule has 0 unspecified atom stereocenters. The van der Waals surface area contributed by atoms with Gasteiger partial charge in [0.25, 0.3) is 0 Å². The van der Waals surface area contributed by atoms with Gasteiger partial charge in [0.05, 0.1) is 15.7 Å². The molecule has 1 aromatic rings. The predicted molar refractivity (Wildman–Crippen MR) is 52.5 cm³/mol. The molecule has 3 nitrogen and oxygen atoms in total. The Hall–Kier alpha value is -1.00. The molecular formula is C8H6Cl2FNO2. The normalized spacial score (nSPS) is 9.93. The SMILES string of the molecule is O=C(O)CNc1c(Cl)cc(F)cc1Cl. The maximum atomic E-state index is 12.7. The lowest BCUT2D eigenvalue weighted by Crippen LogP contribution is -2.12. The number of hydrogen-bond donors (Lipinski definition) is 2. The van der Waals surface area contributed by atoms with E-state index in [1.165, 1.54) is 0 Å². The Morgan fingerprint density at radius 2 is 1.93 bits per heavy atom. The van der Waals surface area contributed by atoms with Gasteiger partial charge in [0.15, 0.2) is 0 Å². The summed E-state index contributed by atoms with van der Waals surface area (Å²) in [7, 11) is 0. The molecule has 0 spiro atoms. The highest BCUT2D eigenvalue weighted by molar-refractivity contribution is 6.39. The second-order valence-electron chi connectivity index (χ2n) is 2.49. The molecule has 0 bridgehead atoms. The van der Waals surface area contributed by atoms with Crippen LogP contribution in [0, 0.1) is 5.82 Å². The van der Waals surface area contributed by atoms with E-state index in [0.29, 0.717) is 0 Å². The van der Waals surface area contributed by atoms with Gasteiger partial charge in [-0.05, 0) is 12.1 Å². The average Bonchev–Trinajstić information content (AvgIpc) is 2.01. The summed E-state index contributed by atoms with van der Waals surface area (Å²) in [4.78, 5) is 10.2. The first-order valence-electron chi connectivity index (χ1n) is 3.61. The molecule has 0 aliphatic rings. The molecule has 0 aliphatic carbocycles. The van der Waals surface area contributed by atoms with E-state index in [4.69, 9.17) is 28.3 Å². The maximum Gasteiger partial charge on any atom is 0.322 e. The summed E-state index contributed by atoms with van der Waals surface area (Å²) >= 11 is 11.3. The third-order valence-electron chi connectivity index (χ3n) is 1.42. The van der Waals surface area contributed by atoms with Crippen LogP contribution in [-0.4, -0.2) is 17.6 Å². The van der Waals surface area contributed by atoms with Crippen LogP contribution in [0.1, 0.15) is 0 Å². The molecule has 1 aromatic carbocycles. The monoisotopic (exact) mass is 237 g/mol. The second kappa shape index (κ2) is 4.48. The van der Waals surface area contributed by atoms with Gasteiger partial charge in [-0.25, -0.2) is 4.39 Å². The number of benzene rings is 1. The van der Waals surface area contributed by atoms with Crippen LogP contribution in [0.4, 0.5) is 10.1 Å². The van der Waals surface area contributed by atoms with Crippen molar-refractivity contribution in [2.24, 2.45) is 0 Å². The van der Waals surface area contributed by atoms with Gasteiger partial charge in [0.2, 0.25) is 0 Å². The lowest BCUT2D eigenvalue weighted by atomic mass is 10.3. The van der Waals surface area contributed by atoms with E-state index in [2.05, 4.69) is 5.32 Å². The molecular weight excluding hydrogens is 232 g/mol. The minimum atomic E-state index is -1.05. The molecule has 0 atom stereocenters. The zero-order valence-corrected chi connectivity index (χ0v) is 8.36. The summed E-state index contributed by atoms with van der Waals surface area (Å²) in [6.07, 6.45) is 0. The zero-order valence-electron chi connectivity index (χ0n) is 6.85. The van der Waals surface area contributed by atoms with Gasteiger partial charge < -0.3 is 10.4 Å². The predicted octanol–water partition coefficient (Wildman–Crippen LogP) is 2.63. The third-order valence-corrected chi connectivity index (χ3v) is 2.02. The van der Waals surface area contributed by atoms with Gasteiger partial charge >= 0.3 is 5.97 Å². The van der Waals surface area contributed by atoms with Gasteiger partial charge in [-0.1, -0.05) is 23.2 Å². The highest BCUT2D eigenvalue weighted by atomic mass is 35.5. The van der Waals surface area contributed by atoms with Crippen LogP contribution in [0.5, 0.6) is 0 Å². The highest BCUT2D eigenvalue weighted by Gasteiger charge is 2.08. The summed E-state index contributed by atoms with van der Waals surface area (Å²) in [5, 5.41) is 11.0. The standard InChI is InChI=1S/C8H6Cl2FNO2/c9-5-1-4(11)2-6(10)8(5)12-3-7(13)14/h1-2,12H,3H2,(H,13,14). The Morgan fingerprint density at radius 3 is 2.36 bits per heavy atom. The lowest BCUT2D eigenvalue weighted by molar-refractivity contribution is -0.134. The van der Waals surface area contributed by atoms with Crippen LogP contribution in [0.25, 0.3) is 0 Å². The maximum absolute atomic E-state index is 12.7. The molecule has 1 rings (SSSR count). The van der Waals surface area contributed by atoms with E-state index in [1.54, 1.807) is 0 Å². The number of nitrogens with one attached hydrogen (secondary N) is 1. The fourth-order valence-electron chi connectivity index (χ4n) is 0.875. The fourth-order valence-corrected chi connectivity index (χ4v) is 1.47. The molecule has 14 heavy (non-hydrogen) atoms. The van der Waals surface area contributed by atoms with Crippen LogP contribution in [0.15, 0.2) is 12.1 Å². The second-order valence-corrected chi connectivity index (χ2v) is 3.31. The Kier molecular flexibility index (Phi) is 3.55. The molecule has 0 fully saturated rings. The van der Waals surface area contributed by atoms with E-state index in [-0.39, 0.29) is 22.3 Å². The smallest absolute Gasteiger partial charge is 0.322 e. The van der Waals surface area contributed by atoms with Crippen LogP contribution < -0.4 is 5.32 Å². The minimum absolute atomic E-state index is 0.0521. The van der Waals surface area contributed by atoms with Crippen LogP contribution in [0.3, 0.4) is 0 Å². The summed E-state index contributed by atoms with van der Waals surface area (Å²) in [5.41, 5.74) is 0.220. The summed E-state index contributed by atoms with van der Waals surface area (Å²) in [6.45, 7) is -0.328. The number of halogens is 3. The number of hydrogen-bond acceptors (Lipinski definition) is 2. The average molecular weight is 238 g/mol. The van der Waals surface area contributed by atoms with E-state index >= 15 is 0 Å². The zero-order chi connectivity index (χ0) is 10.7. The van der Waals surface area contributed by atoms with Gasteiger partial charge in [-0.2, -0.15) is 0 Å². The quantitative estimate of drug-likeness (QED) is 0.850. The Balaban J connectivity index is 2.91. The van der Waals surface area contributed by atoms with E-state index in [0.717, 1.165) is 12.1 Å². The largest absolute Gasteiger partial charge is 0.480 e. The molecule has 0 saturated heterocycles. The van der Waals surface area contributed by atoms with Crippen LogP contribution >= 0.6 is 23.2 Å². The molecule has 0 radical (unpaired) electrons. The minimum Gasteiger partial charge on any atom is -0.480 e. The summed E-state index contributed by atoms with van der Waals surface area (Å²) in [6, 6.07) is 2.11. The van der Waals surface area contributed by atoms with E-state index < -0.39 is 11.8 Å². The van der Waals surface area contributed by atoms with Gasteiger partial charge in [0, 0.05) is 0 Å². The van der Waals surface area contributed by atoms with E-state index in [1.807, 2.05) is 0 Å². The molecule has 0 heterocycles. The number of aliphatic carboxylic acids is 1. The first-order chi connectivity index (χ1) is 6.50. The third kappa shape index (κ3) is 2.75. The lowest BCUT2D eigenvalue weighted by Gasteiger charge is -2.07. The van der Waals surface area contributed by atoms with Crippen molar-refractivity contribution in [1.29, 1.82) is 0 Å². The molecule has 0 saturated carbocycles. The van der Waals surface area contributed by atoms with Crippen LogP contribution in [0.2, 0.25) is 10.0 Å². The Morgan fingerprint density at radius 1 is 1.43 bits per heavy atom. The number of carboxylic acid groups (broad SMARTS) is 1. The van der Waals surface area contributed by atoms with Crippen molar-refractivity contribution in [2.75, 3.05) is 11.9 Å². The molecule has 0 aromatic heterocycles. The number of carboxylic acids is 1. The van der Waals surface area contributed by atoms with Gasteiger partial charge in [-0.3, -0.25) is 4.79 Å². The summed E-state index contributed by atoms with van der Waals surface area (Å²) < 4.78 is 12.7. The van der Waals surface area contributed by atoms with Crippen molar-refractivity contribution in [2.45, 2.75) is 0 Å². The fraction of sp³-hybridized carbons (Fsp3) is 0.125. The van der Waals surface area contributed by atoms with Gasteiger partial charge in [0.1, 0.15) is 12.4 Å². The van der Waals surface area contributed by atoms with Crippen molar-refractivity contribution in [3.05, 3.63) is 28.0 Å². The van der Waals surface area contributed by atoms with Crippen molar-refractivity contribution >= 4 is 34.9 Å². The molecule has 0 aliphatic heterocycles. The first kappa shape index (κ1) is 11.1. The highest BCUT2D eigenvalue weighted by Crippen LogP contribution is 2.30. The first-order valence-corrected chi connectivity index (χ1v) is 4.36. The van der Waals surface area contributed by atoms with Crippen molar-refractivity contribution in [1.82, 2.24) is 0 Å². The number of anilines is 1. The molecule has 76 valence electrons.